The van der Waals surface area contributed by atoms with E-state index in [0.29, 0.717) is 0 Å². The first kappa shape index (κ1) is 9.83. The average molecular weight is 202 g/mol. The van der Waals surface area contributed by atoms with Crippen LogP contribution in [0.4, 0.5) is 0 Å². The van der Waals surface area contributed by atoms with Gasteiger partial charge in [0.15, 0.2) is 0 Å². The summed E-state index contributed by atoms with van der Waals surface area (Å²) in [6.45, 7) is 6.43. The monoisotopic (exact) mass is 202 g/mol. The van der Waals surface area contributed by atoms with Gasteiger partial charge in [0, 0.05) is 17.3 Å². The summed E-state index contributed by atoms with van der Waals surface area (Å²) in [6, 6.07) is 4.00. The number of hydrogen-bond donors (Lipinski definition) is 0. The second kappa shape index (κ2) is 3.46. The second-order valence-corrected chi connectivity index (χ2v) is 4.52. The fourth-order valence-corrected chi connectivity index (χ4v) is 1.32. The van der Waals surface area contributed by atoms with Gasteiger partial charge in [0.1, 0.15) is 12.7 Å². The van der Waals surface area contributed by atoms with Gasteiger partial charge in [-0.25, -0.2) is 0 Å². The largest absolute Gasteiger partial charge is 0.288 e. The van der Waals surface area contributed by atoms with Crippen molar-refractivity contribution in [1.29, 1.82) is 0 Å². The smallest absolute Gasteiger partial charge is 0.123 e. The second-order valence-electron chi connectivity index (χ2n) is 4.52. The summed E-state index contributed by atoms with van der Waals surface area (Å²) in [7, 11) is 0. The normalized spacial score (nSPS) is 11.7. The van der Waals surface area contributed by atoms with Gasteiger partial charge in [-0.05, 0) is 12.1 Å². The van der Waals surface area contributed by atoms with Gasteiger partial charge in [-0.2, -0.15) is 0 Å². The van der Waals surface area contributed by atoms with Crippen molar-refractivity contribution in [1.82, 2.24) is 19.7 Å². The van der Waals surface area contributed by atoms with E-state index in [9.17, 15) is 0 Å². The number of aromatic nitrogens is 4. The maximum Gasteiger partial charge on any atom is 0.123 e. The van der Waals surface area contributed by atoms with Crippen LogP contribution < -0.4 is 0 Å². The molecule has 2 aromatic heterocycles. The van der Waals surface area contributed by atoms with Gasteiger partial charge in [0.25, 0.3) is 0 Å². The quantitative estimate of drug-likeness (QED) is 0.710. The lowest BCUT2D eigenvalue weighted by Crippen LogP contribution is -2.13. The molecule has 0 atom stereocenters. The Bertz CT molecular complexity index is 440. The first-order chi connectivity index (χ1) is 7.07. The highest BCUT2D eigenvalue weighted by Crippen LogP contribution is 2.21. The van der Waals surface area contributed by atoms with E-state index in [4.69, 9.17) is 0 Å². The fourth-order valence-electron chi connectivity index (χ4n) is 1.32. The van der Waals surface area contributed by atoms with Gasteiger partial charge in [-0.1, -0.05) is 20.8 Å². The summed E-state index contributed by atoms with van der Waals surface area (Å²) in [4.78, 5) is 4.37. The molecule has 0 saturated carbocycles. The standard InChI is InChI=1S/C11H14N4/c1-11(2,3)10-6-9(4-5-12-10)15-7-13-14-8-15/h4-8H,1-3H3. The van der Waals surface area contributed by atoms with Crippen molar-refractivity contribution >= 4 is 0 Å². The van der Waals surface area contributed by atoms with Crippen LogP contribution in [0, 0.1) is 0 Å². The van der Waals surface area contributed by atoms with Crippen molar-refractivity contribution in [3.63, 3.8) is 0 Å². The fraction of sp³-hybridized carbons (Fsp3) is 0.364. The van der Waals surface area contributed by atoms with Crippen LogP contribution in [0.3, 0.4) is 0 Å². The van der Waals surface area contributed by atoms with Gasteiger partial charge in [0.2, 0.25) is 0 Å². The summed E-state index contributed by atoms with van der Waals surface area (Å²) in [5.41, 5.74) is 2.16. The Morgan fingerprint density at radius 2 is 1.80 bits per heavy atom. The third kappa shape index (κ3) is 2.03. The first-order valence-corrected chi connectivity index (χ1v) is 4.89. The summed E-state index contributed by atoms with van der Waals surface area (Å²) in [5, 5.41) is 7.57. The van der Waals surface area contributed by atoms with E-state index >= 15 is 0 Å². The molecule has 0 N–H and O–H groups in total. The third-order valence-electron chi connectivity index (χ3n) is 2.23. The third-order valence-corrected chi connectivity index (χ3v) is 2.23. The summed E-state index contributed by atoms with van der Waals surface area (Å²) >= 11 is 0. The highest BCUT2D eigenvalue weighted by molar-refractivity contribution is 5.33. The van der Waals surface area contributed by atoms with Crippen molar-refractivity contribution in [2.45, 2.75) is 26.2 Å². The molecule has 4 heteroatoms. The zero-order valence-corrected chi connectivity index (χ0v) is 9.18. The molecule has 15 heavy (non-hydrogen) atoms. The molecule has 2 aromatic rings. The van der Waals surface area contributed by atoms with Gasteiger partial charge in [0.05, 0.1) is 5.69 Å². The Morgan fingerprint density at radius 1 is 1.13 bits per heavy atom. The lowest BCUT2D eigenvalue weighted by molar-refractivity contribution is 0.568. The molecule has 0 spiro atoms. The number of rotatable bonds is 1. The molecule has 0 unspecified atom stereocenters. The molecule has 0 bridgehead atoms. The summed E-state index contributed by atoms with van der Waals surface area (Å²) in [6.07, 6.45) is 5.18. The van der Waals surface area contributed by atoms with E-state index in [-0.39, 0.29) is 5.41 Å². The molecule has 2 rings (SSSR count). The van der Waals surface area contributed by atoms with Gasteiger partial charge < -0.3 is 0 Å². The topological polar surface area (TPSA) is 43.6 Å². The molecule has 0 radical (unpaired) electrons. The molecule has 0 aliphatic heterocycles. The Balaban J connectivity index is 2.44. The minimum Gasteiger partial charge on any atom is -0.288 e. The average Bonchev–Trinajstić information content (AvgIpc) is 2.69. The van der Waals surface area contributed by atoms with E-state index < -0.39 is 0 Å². The Morgan fingerprint density at radius 3 is 2.40 bits per heavy atom. The molecule has 0 aliphatic carbocycles. The van der Waals surface area contributed by atoms with E-state index in [2.05, 4.69) is 42.0 Å². The summed E-state index contributed by atoms with van der Waals surface area (Å²) in [5.74, 6) is 0. The molecular weight excluding hydrogens is 188 g/mol. The van der Waals surface area contributed by atoms with Gasteiger partial charge in [-0.15, -0.1) is 10.2 Å². The first-order valence-electron chi connectivity index (χ1n) is 4.89. The van der Waals surface area contributed by atoms with E-state index in [1.165, 1.54) is 0 Å². The van der Waals surface area contributed by atoms with Crippen molar-refractivity contribution in [3.8, 4) is 5.69 Å². The Hall–Kier alpha value is -1.71. The lowest BCUT2D eigenvalue weighted by atomic mass is 9.91. The van der Waals surface area contributed by atoms with Gasteiger partial charge in [-0.3, -0.25) is 9.55 Å². The minimum absolute atomic E-state index is 0.0595. The van der Waals surface area contributed by atoms with Crippen LogP contribution in [0.1, 0.15) is 26.5 Å². The SMILES string of the molecule is CC(C)(C)c1cc(-n2cnnc2)ccn1. The van der Waals surface area contributed by atoms with Crippen molar-refractivity contribution in [2.24, 2.45) is 0 Å². The Kier molecular flexibility index (Phi) is 2.26. The van der Waals surface area contributed by atoms with Crippen molar-refractivity contribution < 1.29 is 0 Å². The molecule has 0 fully saturated rings. The maximum absolute atomic E-state index is 4.37. The number of pyridine rings is 1. The molecular formula is C11H14N4. The Labute approximate surface area is 89.0 Å². The van der Waals surface area contributed by atoms with Gasteiger partial charge >= 0.3 is 0 Å². The number of nitrogens with zero attached hydrogens (tertiary/aromatic N) is 4. The lowest BCUT2D eigenvalue weighted by Gasteiger charge is -2.18. The summed E-state index contributed by atoms with van der Waals surface area (Å²) < 4.78 is 1.87. The molecule has 0 saturated heterocycles. The predicted molar refractivity (Wildman–Crippen MR) is 57.9 cm³/mol. The molecule has 4 nitrogen and oxygen atoms in total. The molecule has 78 valence electrons. The van der Waals surface area contributed by atoms with Crippen molar-refractivity contribution in [2.75, 3.05) is 0 Å². The van der Waals surface area contributed by atoms with Crippen molar-refractivity contribution in [3.05, 3.63) is 36.7 Å². The van der Waals surface area contributed by atoms with Crippen LogP contribution in [0.25, 0.3) is 5.69 Å². The van der Waals surface area contributed by atoms with E-state index in [1.54, 1.807) is 12.7 Å². The molecule has 0 amide bonds. The van der Waals surface area contributed by atoms with Crippen LogP contribution in [0.15, 0.2) is 31.0 Å². The molecule has 0 aromatic carbocycles. The van der Waals surface area contributed by atoms with E-state index in [0.717, 1.165) is 11.4 Å². The zero-order valence-electron chi connectivity index (χ0n) is 9.18. The minimum atomic E-state index is 0.0595. The van der Waals surface area contributed by atoms with Crippen LogP contribution in [-0.4, -0.2) is 19.7 Å². The molecule has 0 aliphatic rings. The highest BCUT2D eigenvalue weighted by Gasteiger charge is 2.15. The van der Waals surface area contributed by atoms with Crippen LogP contribution in [-0.2, 0) is 5.41 Å². The highest BCUT2D eigenvalue weighted by atomic mass is 15.2. The van der Waals surface area contributed by atoms with Crippen LogP contribution in [0.2, 0.25) is 0 Å². The van der Waals surface area contributed by atoms with Crippen LogP contribution >= 0.6 is 0 Å². The maximum atomic E-state index is 4.37. The molecule has 2 heterocycles. The number of hydrogen-bond acceptors (Lipinski definition) is 3. The van der Waals surface area contributed by atoms with Crippen LogP contribution in [0.5, 0.6) is 0 Å². The zero-order chi connectivity index (χ0) is 10.9. The predicted octanol–water partition coefficient (Wildman–Crippen LogP) is 1.96. The van der Waals surface area contributed by atoms with E-state index in [1.807, 2.05) is 16.8 Å².